The zero-order valence-corrected chi connectivity index (χ0v) is 20.1. The van der Waals surface area contributed by atoms with Crippen LogP contribution >= 0.6 is 11.6 Å². The SMILES string of the molecule is CCNC(=O)[C@H](C)N(Cc1ccccc1Cl)C(=O)CN(c1cccc(OC)c1)S(C)(=O)=O. The molecular weight excluding hydrogens is 454 g/mol. The Bertz CT molecular complexity index is 1060. The molecule has 10 heteroatoms. The molecule has 0 bridgehead atoms. The Morgan fingerprint density at radius 2 is 1.84 bits per heavy atom. The van der Waals surface area contributed by atoms with E-state index in [1.54, 1.807) is 56.3 Å². The van der Waals surface area contributed by atoms with Crippen LogP contribution in [0.25, 0.3) is 0 Å². The largest absolute Gasteiger partial charge is 0.497 e. The van der Waals surface area contributed by atoms with Gasteiger partial charge in [-0.05, 0) is 37.6 Å². The molecule has 174 valence electrons. The Hall–Kier alpha value is -2.78. The minimum Gasteiger partial charge on any atom is -0.497 e. The van der Waals surface area contributed by atoms with E-state index in [0.717, 1.165) is 10.6 Å². The summed E-state index contributed by atoms with van der Waals surface area (Å²) in [6.45, 7) is 3.33. The molecule has 1 N–H and O–H groups in total. The van der Waals surface area contributed by atoms with Crippen molar-refractivity contribution in [3.8, 4) is 5.75 Å². The molecule has 0 saturated carbocycles. The van der Waals surface area contributed by atoms with Gasteiger partial charge in [0.05, 0.1) is 19.1 Å². The zero-order chi connectivity index (χ0) is 23.9. The molecule has 0 spiro atoms. The lowest BCUT2D eigenvalue weighted by Crippen LogP contribution is -2.51. The maximum Gasteiger partial charge on any atom is 0.244 e. The van der Waals surface area contributed by atoms with Gasteiger partial charge in [0, 0.05) is 24.2 Å². The maximum absolute atomic E-state index is 13.4. The molecular formula is C22H28ClN3O5S. The Labute approximate surface area is 194 Å². The molecule has 0 aromatic heterocycles. The number of hydrogen-bond donors (Lipinski definition) is 1. The van der Waals surface area contributed by atoms with Gasteiger partial charge in [-0.2, -0.15) is 0 Å². The van der Waals surface area contributed by atoms with Gasteiger partial charge in [0.15, 0.2) is 0 Å². The number of sulfonamides is 1. The van der Waals surface area contributed by atoms with E-state index >= 15 is 0 Å². The second kappa shape index (κ2) is 11.2. The van der Waals surface area contributed by atoms with Gasteiger partial charge < -0.3 is 15.0 Å². The van der Waals surface area contributed by atoms with E-state index < -0.39 is 28.5 Å². The van der Waals surface area contributed by atoms with Crippen molar-refractivity contribution in [1.82, 2.24) is 10.2 Å². The average Bonchev–Trinajstić information content (AvgIpc) is 2.75. The summed E-state index contributed by atoms with van der Waals surface area (Å²) in [6, 6.07) is 12.5. The highest BCUT2D eigenvalue weighted by Crippen LogP contribution is 2.24. The fourth-order valence-electron chi connectivity index (χ4n) is 3.09. The highest BCUT2D eigenvalue weighted by atomic mass is 35.5. The Balaban J connectivity index is 2.41. The van der Waals surface area contributed by atoms with Crippen LogP contribution in [0.3, 0.4) is 0 Å². The van der Waals surface area contributed by atoms with Crippen LogP contribution in [-0.2, 0) is 26.2 Å². The molecule has 2 aromatic rings. The van der Waals surface area contributed by atoms with Gasteiger partial charge in [-0.25, -0.2) is 8.42 Å². The van der Waals surface area contributed by atoms with Gasteiger partial charge in [-0.1, -0.05) is 35.9 Å². The Morgan fingerprint density at radius 1 is 1.16 bits per heavy atom. The minimum absolute atomic E-state index is 0.0481. The second-order valence-electron chi connectivity index (χ2n) is 7.15. The van der Waals surface area contributed by atoms with Gasteiger partial charge in [-0.15, -0.1) is 0 Å². The van der Waals surface area contributed by atoms with E-state index in [1.165, 1.54) is 18.1 Å². The van der Waals surface area contributed by atoms with E-state index in [4.69, 9.17) is 16.3 Å². The first-order valence-electron chi connectivity index (χ1n) is 10.0. The number of carbonyl (C=O) groups excluding carboxylic acids is 2. The summed E-state index contributed by atoms with van der Waals surface area (Å²) in [5, 5.41) is 3.14. The lowest BCUT2D eigenvalue weighted by molar-refractivity contribution is -0.139. The molecule has 0 fully saturated rings. The first-order chi connectivity index (χ1) is 15.1. The standard InChI is InChI=1S/C22H28ClN3O5S/c1-5-24-22(28)16(2)25(14-17-9-6-7-12-20(17)23)21(27)15-26(32(4,29)30)18-10-8-11-19(13-18)31-3/h6-13,16H,5,14-15H2,1-4H3,(H,24,28)/t16-/m0/s1. The van der Waals surface area contributed by atoms with Crippen LogP contribution in [0.15, 0.2) is 48.5 Å². The molecule has 0 heterocycles. The predicted molar refractivity (Wildman–Crippen MR) is 125 cm³/mol. The van der Waals surface area contributed by atoms with Crippen LogP contribution in [0.2, 0.25) is 5.02 Å². The topological polar surface area (TPSA) is 96.0 Å². The molecule has 2 amide bonds. The molecule has 0 aliphatic heterocycles. The molecule has 32 heavy (non-hydrogen) atoms. The zero-order valence-electron chi connectivity index (χ0n) is 18.5. The fourth-order valence-corrected chi connectivity index (χ4v) is 4.13. The summed E-state index contributed by atoms with van der Waals surface area (Å²) >= 11 is 6.27. The van der Waals surface area contributed by atoms with Gasteiger partial charge in [0.25, 0.3) is 0 Å². The monoisotopic (exact) mass is 481 g/mol. The second-order valence-corrected chi connectivity index (χ2v) is 9.47. The number of hydrogen-bond acceptors (Lipinski definition) is 5. The van der Waals surface area contributed by atoms with Crippen molar-refractivity contribution in [3.05, 3.63) is 59.1 Å². The average molecular weight is 482 g/mol. The number of methoxy groups -OCH3 is 1. The van der Waals surface area contributed by atoms with Crippen molar-refractivity contribution in [2.75, 3.05) is 30.8 Å². The van der Waals surface area contributed by atoms with Gasteiger partial charge in [-0.3, -0.25) is 13.9 Å². The molecule has 2 rings (SSSR count). The smallest absolute Gasteiger partial charge is 0.244 e. The van der Waals surface area contributed by atoms with E-state index in [0.29, 0.717) is 22.9 Å². The van der Waals surface area contributed by atoms with Gasteiger partial charge in [0.2, 0.25) is 21.8 Å². The third kappa shape index (κ3) is 6.61. The minimum atomic E-state index is -3.81. The number of carbonyl (C=O) groups is 2. The molecule has 0 radical (unpaired) electrons. The van der Waals surface area contributed by atoms with Crippen molar-refractivity contribution in [1.29, 1.82) is 0 Å². The molecule has 8 nitrogen and oxygen atoms in total. The number of benzene rings is 2. The van der Waals surface area contributed by atoms with E-state index in [-0.39, 0.29) is 18.1 Å². The number of likely N-dealkylation sites (N-methyl/N-ethyl adjacent to an activating group) is 1. The Morgan fingerprint density at radius 3 is 2.44 bits per heavy atom. The number of rotatable bonds is 10. The van der Waals surface area contributed by atoms with Crippen LogP contribution in [0.4, 0.5) is 5.69 Å². The van der Waals surface area contributed by atoms with Gasteiger partial charge >= 0.3 is 0 Å². The number of ether oxygens (including phenoxy) is 1. The quantitative estimate of drug-likeness (QED) is 0.562. The first kappa shape index (κ1) is 25.5. The molecule has 0 aliphatic carbocycles. The molecule has 1 atom stereocenters. The van der Waals surface area contributed by atoms with E-state index in [2.05, 4.69) is 5.32 Å². The first-order valence-corrected chi connectivity index (χ1v) is 12.2. The van der Waals surface area contributed by atoms with Crippen molar-refractivity contribution in [2.45, 2.75) is 26.4 Å². The lowest BCUT2D eigenvalue weighted by atomic mass is 10.1. The van der Waals surface area contributed by atoms with Crippen molar-refractivity contribution < 1.29 is 22.7 Å². The summed E-state index contributed by atoms with van der Waals surface area (Å²) in [7, 11) is -2.34. The third-order valence-electron chi connectivity index (χ3n) is 4.84. The lowest BCUT2D eigenvalue weighted by Gasteiger charge is -2.31. The third-order valence-corrected chi connectivity index (χ3v) is 6.35. The van der Waals surface area contributed by atoms with Crippen LogP contribution in [0, 0.1) is 0 Å². The summed E-state index contributed by atoms with van der Waals surface area (Å²) in [5.74, 6) is -0.440. The summed E-state index contributed by atoms with van der Waals surface area (Å²) in [6.07, 6.45) is 1.02. The molecule has 2 aromatic carbocycles. The molecule has 0 saturated heterocycles. The number of amides is 2. The fraction of sp³-hybridized carbons (Fsp3) is 0.364. The van der Waals surface area contributed by atoms with E-state index in [9.17, 15) is 18.0 Å². The van der Waals surface area contributed by atoms with Crippen LogP contribution in [0.1, 0.15) is 19.4 Å². The highest BCUT2D eigenvalue weighted by Gasteiger charge is 2.30. The summed E-state index contributed by atoms with van der Waals surface area (Å²) in [4.78, 5) is 27.2. The van der Waals surface area contributed by atoms with Crippen molar-refractivity contribution >= 4 is 39.1 Å². The predicted octanol–water partition coefficient (Wildman–Crippen LogP) is 2.67. The van der Waals surface area contributed by atoms with Crippen LogP contribution in [-0.4, -0.2) is 57.6 Å². The summed E-state index contributed by atoms with van der Waals surface area (Å²) in [5.41, 5.74) is 0.925. The number of anilines is 1. The van der Waals surface area contributed by atoms with Crippen molar-refractivity contribution in [2.24, 2.45) is 0 Å². The molecule has 0 unspecified atom stereocenters. The van der Waals surface area contributed by atoms with Gasteiger partial charge in [0.1, 0.15) is 18.3 Å². The number of nitrogens with one attached hydrogen (secondary N) is 1. The molecule has 0 aliphatic rings. The number of nitrogens with zero attached hydrogens (tertiary/aromatic N) is 2. The maximum atomic E-state index is 13.4. The number of halogens is 1. The van der Waals surface area contributed by atoms with Crippen LogP contribution < -0.4 is 14.4 Å². The van der Waals surface area contributed by atoms with Crippen LogP contribution in [0.5, 0.6) is 5.75 Å². The highest BCUT2D eigenvalue weighted by molar-refractivity contribution is 7.92. The normalized spacial score (nSPS) is 12.0. The Kier molecular flexibility index (Phi) is 8.91. The van der Waals surface area contributed by atoms with E-state index in [1.807, 2.05) is 0 Å². The van der Waals surface area contributed by atoms with Crippen molar-refractivity contribution in [3.63, 3.8) is 0 Å². The summed E-state index contributed by atoms with van der Waals surface area (Å²) < 4.78 is 31.2.